The highest BCUT2D eigenvalue weighted by atomic mass is 19.1. The molecule has 1 saturated heterocycles. The van der Waals surface area contributed by atoms with Crippen molar-refractivity contribution in [3.63, 3.8) is 0 Å². The molecule has 1 aliphatic rings. The summed E-state index contributed by atoms with van der Waals surface area (Å²) in [7, 11) is -0.565. The molecule has 0 spiro atoms. The second-order valence-corrected chi connectivity index (χ2v) is 6.53. The fraction of sp³-hybridized carbons (Fsp3) is 0.353. The molecule has 3 rings (SSSR count). The maximum Gasteiger partial charge on any atom is 0.515 e. The van der Waals surface area contributed by atoms with E-state index in [0.717, 1.165) is 11.1 Å². The van der Waals surface area contributed by atoms with Gasteiger partial charge in [0.15, 0.2) is 0 Å². The minimum Gasteiger partial charge on any atom is -0.398 e. The summed E-state index contributed by atoms with van der Waals surface area (Å²) >= 11 is 0. The van der Waals surface area contributed by atoms with Crippen molar-refractivity contribution in [1.82, 2.24) is 4.98 Å². The van der Waals surface area contributed by atoms with Crippen molar-refractivity contribution in [3.05, 3.63) is 48.4 Å². The van der Waals surface area contributed by atoms with Crippen LogP contribution in [0.1, 0.15) is 27.7 Å². The lowest BCUT2D eigenvalue weighted by Gasteiger charge is -2.32. The van der Waals surface area contributed by atoms with E-state index in [0.29, 0.717) is 5.59 Å². The maximum absolute atomic E-state index is 13.5. The normalized spacial score (nSPS) is 19.4. The lowest BCUT2D eigenvalue weighted by atomic mass is 9.79. The monoisotopic (exact) mass is 299 g/mol. The number of nitrogens with zero attached hydrogens (tertiary/aromatic N) is 1. The van der Waals surface area contributed by atoms with Crippen molar-refractivity contribution in [2.45, 2.75) is 38.9 Å². The van der Waals surface area contributed by atoms with Crippen LogP contribution in [0.2, 0.25) is 0 Å². The molecule has 0 radical (unpaired) electrons. The molecule has 0 unspecified atom stereocenters. The van der Waals surface area contributed by atoms with Gasteiger partial charge in [0.1, 0.15) is 5.82 Å². The molecule has 5 heteroatoms. The van der Waals surface area contributed by atoms with Crippen molar-refractivity contribution in [1.29, 1.82) is 0 Å². The van der Waals surface area contributed by atoms with Crippen LogP contribution < -0.4 is 5.59 Å². The number of pyridine rings is 1. The minimum atomic E-state index is -0.565. The first-order chi connectivity index (χ1) is 10.3. The van der Waals surface area contributed by atoms with E-state index < -0.39 is 18.3 Å². The highest BCUT2D eigenvalue weighted by molar-refractivity contribution is 6.62. The Morgan fingerprint density at radius 2 is 1.68 bits per heavy atom. The quantitative estimate of drug-likeness (QED) is 0.798. The van der Waals surface area contributed by atoms with Gasteiger partial charge in [-0.3, -0.25) is 4.98 Å². The van der Waals surface area contributed by atoms with Gasteiger partial charge in [-0.25, -0.2) is 4.39 Å². The third kappa shape index (κ3) is 2.55. The summed E-state index contributed by atoms with van der Waals surface area (Å²) in [5.74, 6) is -0.277. The minimum absolute atomic E-state index is 0.277. The average Bonchev–Trinajstić information content (AvgIpc) is 2.67. The Balaban J connectivity index is 2.04. The van der Waals surface area contributed by atoms with Crippen LogP contribution in [0.15, 0.2) is 42.6 Å². The van der Waals surface area contributed by atoms with Gasteiger partial charge in [0.2, 0.25) is 0 Å². The first kappa shape index (κ1) is 15.2. The van der Waals surface area contributed by atoms with Crippen molar-refractivity contribution in [3.8, 4) is 11.1 Å². The van der Waals surface area contributed by atoms with Crippen LogP contribution in [-0.2, 0) is 9.31 Å². The van der Waals surface area contributed by atoms with Gasteiger partial charge in [0, 0.05) is 6.20 Å². The topological polar surface area (TPSA) is 31.4 Å². The molecule has 1 fully saturated rings. The Morgan fingerprint density at radius 3 is 2.32 bits per heavy atom. The van der Waals surface area contributed by atoms with Crippen LogP contribution in [0, 0.1) is 5.82 Å². The SMILES string of the molecule is CC1(C)OB(c2ncccc2-c2cccc(F)c2)OC1(C)C. The van der Waals surface area contributed by atoms with E-state index in [1.54, 1.807) is 12.3 Å². The number of rotatable bonds is 2. The second-order valence-electron chi connectivity index (χ2n) is 6.53. The molecule has 114 valence electrons. The maximum atomic E-state index is 13.5. The van der Waals surface area contributed by atoms with Gasteiger partial charge in [-0.2, -0.15) is 0 Å². The van der Waals surface area contributed by atoms with Crippen LogP contribution in [0.4, 0.5) is 4.39 Å². The average molecular weight is 299 g/mol. The van der Waals surface area contributed by atoms with E-state index >= 15 is 0 Å². The van der Waals surface area contributed by atoms with E-state index in [1.165, 1.54) is 12.1 Å². The number of aromatic nitrogens is 1. The molecule has 2 heterocycles. The van der Waals surface area contributed by atoms with Gasteiger partial charge >= 0.3 is 7.12 Å². The van der Waals surface area contributed by atoms with Gasteiger partial charge in [0.05, 0.1) is 16.8 Å². The summed E-state index contributed by atoms with van der Waals surface area (Å²) in [6, 6.07) is 10.2. The fourth-order valence-corrected chi connectivity index (χ4v) is 2.46. The predicted molar refractivity (Wildman–Crippen MR) is 85.3 cm³/mol. The number of benzene rings is 1. The zero-order valence-corrected chi connectivity index (χ0v) is 13.3. The Kier molecular flexibility index (Phi) is 3.58. The first-order valence-corrected chi connectivity index (χ1v) is 7.37. The van der Waals surface area contributed by atoms with E-state index in [-0.39, 0.29) is 5.82 Å². The molecule has 1 aromatic heterocycles. The molecule has 0 aliphatic carbocycles. The second kappa shape index (κ2) is 5.18. The summed E-state index contributed by atoms with van der Waals surface area (Å²) in [4.78, 5) is 4.43. The number of hydrogen-bond acceptors (Lipinski definition) is 3. The predicted octanol–water partition coefficient (Wildman–Crippen LogP) is 3.19. The zero-order chi connectivity index (χ0) is 16.0. The van der Waals surface area contributed by atoms with Gasteiger partial charge in [-0.1, -0.05) is 18.2 Å². The molecule has 0 amide bonds. The lowest BCUT2D eigenvalue weighted by molar-refractivity contribution is 0.00578. The zero-order valence-electron chi connectivity index (χ0n) is 13.3. The molecule has 0 atom stereocenters. The van der Waals surface area contributed by atoms with Gasteiger partial charge in [-0.05, 0) is 57.0 Å². The highest BCUT2D eigenvalue weighted by Crippen LogP contribution is 2.37. The van der Waals surface area contributed by atoms with E-state index in [9.17, 15) is 4.39 Å². The smallest absolute Gasteiger partial charge is 0.398 e. The van der Waals surface area contributed by atoms with Gasteiger partial charge in [-0.15, -0.1) is 0 Å². The summed E-state index contributed by atoms with van der Waals surface area (Å²) in [6.07, 6.45) is 1.70. The van der Waals surface area contributed by atoms with E-state index in [4.69, 9.17) is 9.31 Å². The molecule has 2 aromatic rings. The molecular formula is C17H19BFNO2. The molecule has 0 bridgehead atoms. The number of hydrogen-bond donors (Lipinski definition) is 0. The van der Waals surface area contributed by atoms with Gasteiger partial charge in [0.25, 0.3) is 0 Å². The van der Waals surface area contributed by atoms with E-state index in [1.807, 2.05) is 45.9 Å². The largest absolute Gasteiger partial charge is 0.515 e. The lowest BCUT2D eigenvalue weighted by Crippen LogP contribution is -2.41. The summed E-state index contributed by atoms with van der Waals surface area (Å²) in [5, 5.41) is 0. The standard InChI is InChI=1S/C17H19BFNO2/c1-16(2)17(3,4)22-18(21-16)15-14(9-6-10-20-15)12-7-5-8-13(19)11-12/h5-11H,1-4H3. The van der Waals surface area contributed by atoms with Crippen molar-refractivity contribution < 1.29 is 13.7 Å². The van der Waals surface area contributed by atoms with Gasteiger partial charge < -0.3 is 9.31 Å². The van der Waals surface area contributed by atoms with Crippen LogP contribution in [0.25, 0.3) is 11.1 Å². The van der Waals surface area contributed by atoms with Crippen molar-refractivity contribution >= 4 is 12.7 Å². The van der Waals surface area contributed by atoms with Crippen LogP contribution in [0.5, 0.6) is 0 Å². The Morgan fingerprint density at radius 1 is 1.00 bits per heavy atom. The van der Waals surface area contributed by atoms with Crippen LogP contribution >= 0.6 is 0 Å². The van der Waals surface area contributed by atoms with Crippen molar-refractivity contribution in [2.24, 2.45) is 0 Å². The third-order valence-electron chi connectivity index (χ3n) is 4.45. The first-order valence-electron chi connectivity index (χ1n) is 7.37. The molecule has 22 heavy (non-hydrogen) atoms. The molecule has 0 saturated carbocycles. The highest BCUT2D eigenvalue weighted by Gasteiger charge is 2.52. The molecular weight excluding hydrogens is 280 g/mol. The molecule has 1 aromatic carbocycles. The van der Waals surface area contributed by atoms with Crippen LogP contribution in [0.3, 0.4) is 0 Å². The Bertz CT molecular complexity index is 687. The summed E-state index contributed by atoms with van der Waals surface area (Å²) < 4.78 is 25.7. The van der Waals surface area contributed by atoms with E-state index in [2.05, 4.69) is 4.98 Å². The molecule has 3 nitrogen and oxygen atoms in total. The fourth-order valence-electron chi connectivity index (χ4n) is 2.46. The van der Waals surface area contributed by atoms with Crippen LogP contribution in [-0.4, -0.2) is 23.3 Å². The Hall–Kier alpha value is -1.72. The number of halogens is 1. The molecule has 0 N–H and O–H groups in total. The molecule has 1 aliphatic heterocycles. The summed E-state index contributed by atoms with van der Waals surface area (Å²) in [6.45, 7) is 7.99. The third-order valence-corrected chi connectivity index (χ3v) is 4.45. The Labute approximate surface area is 130 Å². The summed E-state index contributed by atoms with van der Waals surface area (Å²) in [5.41, 5.74) is 1.38. The van der Waals surface area contributed by atoms with Crippen molar-refractivity contribution in [2.75, 3.05) is 0 Å².